The van der Waals surface area contributed by atoms with E-state index >= 15 is 0 Å². The van der Waals surface area contributed by atoms with Gasteiger partial charge in [-0.25, -0.2) is 0 Å². The van der Waals surface area contributed by atoms with Crippen molar-refractivity contribution < 1.29 is 0 Å². The molecule has 0 bridgehead atoms. The average Bonchev–Trinajstić information content (AvgIpc) is 3.22. The van der Waals surface area contributed by atoms with Crippen molar-refractivity contribution in [2.75, 3.05) is 0 Å². The summed E-state index contributed by atoms with van der Waals surface area (Å²) in [6.45, 7) is 0. The van der Waals surface area contributed by atoms with Crippen molar-refractivity contribution >= 4 is 16.9 Å². The number of hydrogen-bond donors (Lipinski definition) is 1. The van der Waals surface area contributed by atoms with E-state index in [-0.39, 0.29) is 0 Å². The molecule has 2 aromatic rings. The third-order valence-corrected chi connectivity index (χ3v) is 3.82. The van der Waals surface area contributed by atoms with Gasteiger partial charge in [-0.05, 0) is 11.1 Å². The first-order chi connectivity index (χ1) is 8.43. The van der Waals surface area contributed by atoms with Crippen LogP contribution in [0.15, 0.2) is 65.8 Å². The van der Waals surface area contributed by atoms with Gasteiger partial charge in [-0.2, -0.15) is 0 Å². The summed E-state index contributed by atoms with van der Waals surface area (Å²) < 4.78 is 0. The Labute approximate surface area is 105 Å². The fourth-order valence-corrected chi connectivity index (χ4v) is 2.73. The van der Waals surface area contributed by atoms with Gasteiger partial charge in [-0.1, -0.05) is 72.4 Å². The van der Waals surface area contributed by atoms with Gasteiger partial charge >= 0.3 is 0 Å². The Kier molecular flexibility index (Phi) is 2.84. The molecule has 1 N–H and O–H groups in total. The summed E-state index contributed by atoms with van der Waals surface area (Å²) in [7, 11) is 0. The lowest BCUT2D eigenvalue weighted by Crippen LogP contribution is -1.99. The SMILES string of the molecule is c1ccc(C(SC2=NN2)c2ccccc2)cc1. The van der Waals surface area contributed by atoms with Crippen molar-refractivity contribution in [3.05, 3.63) is 71.8 Å². The monoisotopic (exact) mass is 240 g/mol. The van der Waals surface area contributed by atoms with Gasteiger partial charge in [0.2, 0.25) is 5.17 Å². The quantitative estimate of drug-likeness (QED) is 0.892. The zero-order valence-corrected chi connectivity index (χ0v) is 10.0. The fourth-order valence-electron chi connectivity index (χ4n) is 1.77. The molecule has 0 unspecified atom stereocenters. The summed E-state index contributed by atoms with van der Waals surface area (Å²) in [6, 6.07) is 21.0. The van der Waals surface area contributed by atoms with E-state index in [0.717, 1.165) is 5.17 Å². The summed E-state index contributed by atoms with van der Waals surface area (Å²) >= 11 is 1.76. The van der Waals surface area contributed by atoms with Gasteiger partial charge in [0.1, 0.15) is 0 Å². The minimum absolute atomic E-state index is 0.311. The molecule has 0 atom stereocenters. The predicted molar refractivity (Wildman–Crippen MR) is 72.9 cm³/mol. The van der Waals surface area contributed by atoms with E-state index in [9.17, 15) is 0 Å². The molecular formula is C14H12N2S. The Morgan fingerprint density at radius 2 is 1.29 bits per heavy atom. The molecular weight excluding hydrogens is 228 g/mol. The lowest BCUT2D eigenvalue weighted by molar-refractivity contribution is 1.16. The van der Waals surface area contributed by atoms with E-state index in [2.05, 4.69) is 59.1 Å². The molecule has 0 amide bonds. The van der Waals surface area contributed by atoms with Crippen molar-refractivity contribution in [2.24, 2.45) is 5.10 Å². The van der Waals surface area contributed by atoms with Gasteiger partial charge in [0.25, 0.3) is 0 Å². The molecule has 0 aliphatic carbocycles. The van der Waals surface area contributed by atoms with Gasteiger partial charge < -0.3 is 0 Å². The number of amidine groups is 1. The molecule has 0 radical (unpaired) electrons. The van der Waals surface area contributed by atoms with Gasteiger partial charge in [0, 0.05) is 0 Å². The number of benzene rings is 2. The molecule has 0 aromatic heterocycles. The molecule has 2 nitrogen and oxygen atoms in total. The van der Waals surface area contributed by atoms with Crippen molar-refractivity contribution in [1.29, 1.82) is 0 Å². The van der Waals surface area contributed by atoms with Crippen molar-refractivity contribution in [1.82, 2.24) is 5.43 Å². The summed E-state index contributed by atoms with van der Waals surface area (Å²) in [5.41, 5.74) is 5.52. The molecule has 3 heteroatoms. The molecule has 0 saturated carbocycles. The standard InChI is InChI=1S/C14H12N2S/c1-3-7-11(8-4-1)13(17-14-15-16-14)12-9-5-2-6-10-12/h1-10,13H,(H,15,16). The van der Waals surface area contributed by atoms with E-state index in [1.165, 1.54) is 11.1 Å². The highest BCUT2D eigenvalue weighted by Gasteiger charge is 2.21. The topological polar surface area (TPSA) is 34.3 Å². The zero-order chi connectivity index (χ0) is 11.5. The Morgan fingerprint density at radius 3 is 1.71 bits per heavy atom. The molecule has 2 aromatic carbocycles. The summed E-state index contributed by atoms with van der Waals surface area (Å²) in [5.74, 6) is 0. The van der Waals surface area contributed by atoms with Crippen LogP contribution in [0.5, 0.6) is 0 Å². The molecule has 3 rings (SSSR count). The van der Waals surface area contributed by atoms with Crippen LogP contribution in [0.1, 0.15) is 16.4 Å². The van der Waals surface area contributed by atoms with Gasteiger partial charge in [0.15, 0.2) is 0 Å². The van der Waals surface area contributed by atoms with Crippen molar-refractivity contribution in [3.8, 4) is 0 Å². The van der Waals surface area contributed by atoms with Crippen LogP contribution in [0.3, 0.4) is 0 Å². The zero-order valence-electron chi connectivity index (χ0n) is 9.21. The van der Waals surface area contributed by atoms with Crippen LogP contribution < -0.4 is 5.43 Å². The van der Waals surface area contributed by atoms with Crippen molar-refractivity contribution in [3.63, 3.8) is 0 Å². The number of hydrazone groups is 1. The second-order valence-electron chi connectivity index (χ2n) is 3.85. The Hall–Kier alpha value is -1.74. The number of rotatable bonds is 3. The average molecular weight is 240 g/mol. The first kappa shape index (κ1) is 10.4. The second-order valence-corrected chi connectivity index (χ2v) is 4.94. The summed E-state index contributed by atoms with van der Waals surface area (Å²) in [6.07, 6.45) is 0. The molecule has 1 heterocycles. The van der Waals surface area contributed by atoms with Gasteiger partial charge in [0.05, 0.1) is 5.25 Å². The third kappa shape index (κ3) is 2.50. The molecule has 84 valence electrons. The molecule has 0 fully saturated rings. The van der Waals surface area contributed by atoms with Gasteiger partial charge in [-0.3, -0.25) is 5.43 Å². The Bertz CT molecular complexity index is 483. The maximum absolute atomic E-state index is 4.02. The van der Waals surface area contributed by atoms with E-state index in [1.54, 1.807) is 11.8 Å². The maximum Gasteiger partial charge on any atom is 0.202 e. The van der Waals surface area contributed by atoms with Crippen LogP contribution in [0, 0.1) is 0 Å². The molecule has 0 saturated heterocycles. The Balaban J connectivity index is 1.94. The highest BCUT2D eigenvalue weighted by atomic mass is 32.2. The number of nitrogens with one attached hydrogen (secondary N) is 1. The predicted octanol–water partition coefficient (Wildman–Crippen LogP) is 3.38. The van der Waals surface area contributed by atoms with E-state index in [0.29, 0.717) is 5.25 Å². The number of hydrogen-bond acceptors (Lipinski definition) is 3. The largest absolute Gasteiger partial charge is 0.252 e. The van der Waals surface area contributed by atoms with Crippen LogP contribution in [0.4, 0.5) is 0 Å². The lowest BCUT2D eigenvalue weighted by Gasteiger charge is -2.14. The second kappa shape index (κ2) is 4.63. The van der Waals surface area contributed by atoms with Crippen LogP contribution in [0.25, 0.3) is 0 Å². The van der Waals surface area contributed by atoms with Crippen LogP contribution in [-0.2, 0) is 0 Å². The van der Waals surface area contributed by atoms with E-state index in [4.69, 9.17) is 0 Å². The number of thioether (sulfide) groups is 1. The summed E-state index contributed by atoms with van der Waals surface area (Å²) in [4.78, 5) is 0. The smallest absolute Gasteiger partial charge is 0.202 e. The lowest BCUT2D eigenvalue weighted by atomic mass is 10.0. The minimum atomic E-state index is 0.311. The van der Waals surface area contributed by atoms with Crippen molar-refractivity contribution in [2.45, 2.75) is 5.25 Å². The minimum Gasteiger partial charge on any atom is -0.252 e. The van der Waals surface area contributed by atoms with Crippen LogP contribution >= 0.6 is 11.8 Å². The normalized spacial score (nSPS) is 13.1. The summed E-state index contributed by atoms with van der Waals surface area (Å²) in [5, 5.41) is 5.35. The maximum atomic E-state index is 4.02. The molecule has 0 spiro atoms. The van der Waals surface area contributed by atoms with Crippen LogP contribution in [0.2, 0.25) is 0 Å². The first-order valence-electron chi connectivity index (χ1n) is 5.54. The highest BCUT2D eigenvalue weighted by molar-refractivity contribution is 8.14. The Morgan fingerprint density at radius 1 is 0.824 bits per heavy atom. The number of nitrogens with zero attached hydrogens (tertiary/aromatic N) is 1. The highest BCUT2D eigenvalue weighted by Crippen LogP contribution is 2.37. The van der Waals surface area contributed by atoms with E-state index in [1.807, 2.05) is 12.1 Å². The fraction of sp³-hybridized carbons (Fsp3) is 0.0714. The first-order valence-corrected chi connectivity index (χ1v) is 6.42. The van der Waals surface area contributed by atoms with E-state index < -0.39 is 0 Å². The molecule has 17 heavy (non-hydrogen) atoms. The molecule has 1 aliphatic rings. The molecule has 1 aliphatic heterocycles. The third-order valence-electron chi connectivity index (χ3n) is 2.64. The van der Waals surface area contributed by atoms with Gasteiger partial charge in [-0.15, -0.1) is 5.10 Å². The van der Waals surface area contributed by atoms with Crippen LogP contribution in [-0.4, -0.2) is 5.17 Å².